The number of anilines is 2. The number of aryl methyl sites for hydroxylation is 1. The number of hydrogen-bond acceptors (Lipinski definition) is 5. The van der Waals surface area contributed by atoms with Crippen molar-refractivity contribution in [2.75, 3.05) is 10.6 Å². The van der Waals surface area contributed by atoms with Crippen LogP contribution >= 0.6 is 0 Å². The maximum atomic E-state index is 11.5. The summed E-state index contributed by atoms with van der Waals surface area (Å²) in [5.74, 6) is 0.0210. The lowest BCUT2D eigenvalue weighted by Gasteiger charge is -2.21. The quantitative estimate of drug-likeness (QED) is 0.643. The standard InChI is InChI=1S/C19H18N4O3/c1-11-17(7-13(10-20)8-18(11)23(25)26)21-12(2)14-3-5-16-15(9-14)4-6-19(24)22-16/h3,5,7-9,12,21H,4,6H2,1-2H3,(H,22,24)/t12-/m0/s1. The number of rotatable bonds is 4. The van der Waals surface area contributed by atoms with Crippen LogP contribution in [0, 0.1) is 28.4 Å². The number of nitrogens with zero attached hydrogens (tertiary/aromatic N) is 2. The first-order chi connectivity index (χ1) is 12.4. The Morgan fingerprint density at radius 2 is 2.08 bits per heavy atom. The zero-order valence-electron chi connectivity index (χ0n) is 14.5. The maximum Gasteiger partial charge on any atom is 0.275 e. The van der Waals surface area contributed by atoms with E-state index in [-0.39, 0.29) is 23.2 Å². The number of carbonyl (C=O) groups is 1. The number of nitro groups is 1. The minimum absolute atomic E-state index is 0.0210. The molecule has 2 aromatic carbocycles. The average Bonchev–Trinajstić information content (AvgIpc) is 2.62. The van der Waals surface area contributed by atoms with E-state index in [1.54, 1.807) is 13.0 Å². The normalized spacial score (nSPS) is 14.0. The van der Waals surface area contributed by atoms with Crippen LogP contribution in [0.2, 0.25) is 0 Å². The Hall–Kier alpha value is -3.40. The average molecular weight is 350 g/mol. The Morgan fingerprint density at radius 1 is 1.31 bits per heavy atom. The van der Waals surface area contributed by atoms with Gasteiger partial charge in [0.2, 0.25) is 5.91 Å². The molecular weight excluding hydrogens is 332 g/mol. The van der Waals surface area contributed by atoms with E-state index >= 15 is 0 Å². The maximum absolute atomic E-state index is 11.5. The number of fused-ring (bicyclic) bond motifs is 1. The molecule has 1 atom stereocenters. The van der Waals surface area contributed by atoms with Crippen molar-refractivity contribution in [2.24, 2.45) is 0 Å². The molecule has 0 unspecified atom stereocenters. The van der Waals surface area contributed by atoms with Crippen molar-refractivity contribution in [3.63, 3.8) is 0 Å². The van der Waals surface area contributed by atoms with Gasteiger partial charge in [-0.2, -0.15) is 5.26 Å². The summed E-state index contributed by atoms with van der Waals surface area (Å²) in [6.45, 7) is 3.62. The van der Waals surface area contributed by atoms with Crippen molar-refractivity contribution in [2.45, 2.75) is 32.7 Å². The van der Waals surface area contributed by atoms with Gasteiger partial charge in [-0.05, 0) is 43.5 Å². The lowest BCUT2D eigenvalue weighted by molar-refractivity contribution is -0.385. The number of carbonyl (C=O) groups excluding carboxylic acids is 1. The molecule has 0 saturated carbocycles. The first kappa shape index (κ1) is 17.4. The fraction of sp³-hybridized carbons (Fsp3) is 0.263. The first-order valence-corrected chi connectivity index (χ1v) is 8.27. The molecule has 2 aromatic rings. The Labute approximate surface area is 150 Å². The number of benzene rings is 2. The molecule has 132 valence electrons. The number of amides is 1. The van der Waals surface area contributed by atoms with Gasteiger partial charge in [0.15, 0.2) is 0 Å². The minimum Gasteiger partial charge on any atom is -0.378 e. The van der Waals surface area contributed by atoms with Crippen LogP contribution in [-0.4, -0.2) is 10.8 Å². The van der Waals surface area contributed by atoms with E-state index in [0.29, 0.717) is 24.1 Å². The molecule has 0 fully saturated rings. The molecule has 0 aromatic heterocycles. The molecular formula is C19H18N4O3. The van der Waals surface area contributed by atoms with Crippen molar-refractivity contribution in [1.29, 1.82) is 5.26 Å². The van der Waals surface area contributed by atoms with E-state index in [2.05, 4.69) is 10.6 Å². The van der Waals surface area contributed by atoms with E-state index in [1.165, 1.54) is 6.07 Å². The Morgan fingerprint density at radius 3 is 2.77 bits per heavy atom. The molecule has 7 nitrogen and oxygen atoms in total. The highest BCUT2D eigenvalue weighted by Crippen LogP contribution is 2.32. The highest BCUT2D eigenvalue weighted by molar-refractivity contribution is 5.93. The monoisotopic (exact) mass is 350 g/mol. The van der Waals surface area contributed by atoms with E-state index in [4.69, 9.17) is 5.26 Å². The Balaban J connectivity index is 1.90. The molecule has 26 heavy (non-hydrogen) atoms. The Kier molecular flexibility index (Phi) is 4.59. The van der Waals surface area contributed by atoms with Crippen LogP contribution in [0.5, 0.6) is 0 Å². The molecule has 0 saturated heterocycles. The second-order valence-corrected chi connectivity index (χ2v) is 6.37. The summed E-state index contributed by atoms with van der Waals surface area (Å²) in [5.41, 5.74) is 4.13. The van der Waals surface area contributed by atoms with Gasteiger partial charge in [0.1, 0.15) is 0 Å². The van der Waals surface area contributed by atoms with Gasteiger partial charge in [-0.3, -0.25) is 14.9 Å². The van der Waals surface area contributed by atoms with Gasteiger partial charge in [-0.15, -0.1) is 0 Å². The predicted molar refractivity (Wildman–Crippen MR) is 98.0 cm³/mol. The van der Waals surface area contributed by atoms with Gasteiger partial charge in [0, 0.05) is 35.5 Å². The summed E-state index contributed by atoms with van der Waals surface area (Å²) >= 11 is 0. The lowest BCUT2D eigenvalue weighted by atomic mass is 9.97. The molecule has 0 radical (unpaired) electrons. The van der Waals surface area contributed by atoms with E-state index in [0.717, 1.165) is 16.8 Å². The van der Waals surface area contributed by atoms with Crippen LogP contribution in [0.1, 0.15) is 41.6 Å². The van der Waals surface area contributed by atoms with Gasteiger partial charge in [0.05, 0.1) is 16.6 Å². The summed E-state index contributed by atoms with van der Waals surface area (Å²) in [5, 5.41) is 26.5. The minimum atomic E-state index is -0.479. The summed E-state index contributed by atoms with van der Waals surface area (Å²) in [6, 6.07) is 10.6. The van der Waals surface area contributed by atoms with Crippen molar-refractivity contribution in [1.82, 2.24) is 0 Å². The van der Waals surface area contributed by atoms with Crippen molar-refractivity contribution in [3.05, 3.63) is 62.7 Å². The smallest absolute Gasteiger partial charge is 0.275 e. The summed E-state index contributed by atoms with van der Waals surface area (Å²) in [4.78, 5) is 22.2. The molecule has 1 aliphatic heterocycles. The molecule has 1 amide bonds. The molecule has 7 heteroatoms. The van der Waals surface area contributed by atoms with Crippen LogP contribution in [0.4, 0.5) is 17.1 Å². The molecule has 1 aliphatic rings. The highest BCUT2D eigenvalue weighted by Gasteiger charge is 2.19. The second kappa shape index (κ2) is 6.84. The molecule has 3 rings (SSSR count). The summed E-state index contributed by atoms with van der Waals surface area (Å²) in [6.07, 6.45) is 1.16. The van der Waals surface area contributed by atoms with Gasteiger partial charge < -0.3 is 10.6 Å². The van der Waals surface area contributed by atoms with Crippen molar-refractivity contribution < 1.29 is 9.72 Å². The van der Waals surface area contributed by atoms with E-state index in [1.807, 2.05) is 31.2 Å². The number of nitro benzene ring substituents is 1. The largest absolute Gasteiger partial charge is 0.378 e. The third kappa shape index (κ3) is 3.35. The number of hydrogen-bond donors (Lipinski definition) is 2. The van der Waals surface area contributed by atoms with Crippen molar-refractivity contribution in [3.8, 4) is 6.07 Å². The van der Waals surface area contributed by atoms with Gasteiger partial charge in [0.25, 0.3) is 5.69 Å². The van der Waals surface area contributed by atoms with E-state index < -0.39 is 4.92 Å². The van der Waals surface area contributed by atoms with Crippen LogP contribution in [0.15, 0.2) is 30.3 Å². The summed E-state index contributed by atoms with van der Waals surface area (Å²) in [7, 11) is 0. The molecule has 0 bridgehead atoms. The number of nitrogens with one attached hydrogen (secondary N) is 2. The fourth-order valence-corrected chi connectivity index (χ4v) is 3.09. The highest BCUT2D eigenvalue weighted by atomic mass is 16.6. The predicted octanol–water partition coefficient (Wildman–Crippen LogP) is 3.83. The van der Waals surface area contributed by atoms with Crippen LogP contribution in [0.3, 0.4) is 0 Å². The molecule has 0 spiro atoms. The lowest BCUT2D eigenvalue weighted by Crippen LogP contribution is -2.19. The molecule has 0 aliphatic carbocycles. The van der Waals surface area contributed by atoms with E-state index in [9.17, 15) is 14.9 Å². The SMILES string of the molecule is Cc1c(N[C@@H](C)c2ccc3c(c2)CCC(=O)N3)cc(C#N)cc1[N+](=O)[O-]. The second-order valence-electron chi connectivity index (χ2n) is 6.37. The van der Waals surface area contributed by atoms with Gasteiger partial charge >= 0.3 is 0 Å². The van der Waals surface area contributed by atoms with Gasteiger partial charge in [-0.1, -0.05) is 12.1 Å². The van der Waals surface area contributed by atoms with Gasteiger partial charge in [-0.25, -0.2) is 0 Å². The zero-order chi connectivity index (χ0) is 18.8. The van der Waals surface area contributed by atoms with Crippen LogP contribution < -0.4 is 10.6 Å². The Bertz CT molecular complexity index is 947. The third-order valence-electron chi connectivity index (χ3n) is 4.60. The molecule has 1 heterocycles. The zero-order valence-corrected chi connectivity index (χ0v) is 14.5. The molecule has 2 N–H and O–H groups in total. The topological polar surface area (TPSA) is 108 Å². The third-order valence-corrected chi connectivity index (χ3v) is 4.60. The first-order valence-electron chi connectivity index (χ1n) is 8.27. The fourth-order valence-electron chi connectivity index (χ4n) is 3.09. The number of nitriles is 1. The summed E-state index contributed by atoms with van der Waals surface area (Å²) < 4.78 is 0. The van der Waals surface area contributed by atoms with Crippen molar-refractivity contribution >= 4 is 23.0 Å². The van der Waals surface area contributed by atoms with Crippen LogP contribution in [0.25, 0.3) is 0 Å². The van der Waals surface area contributed by atoms with Crippen LogP contribution in [-0.2, 0) is 11.2 Å².